The molecule has 0 spiro atoms. The molecule has 0 fully saturated rings. The van der Waals surface area contributed by atoms with Gasteiger partial charge in [-0.25, -0.2) is 13.2 Å². The third kappa shape index (κ3) is 4.30. The van der Waals surface area contributed by atoms with E-state index in [1.807, 2.05) is 0 Å². The Morgan fingerprint density at radius 3 is 2.00 bits per heavy atom. The maximum absolute atomic E-state index is 12.2. The second-order valence-corrected chi connectivity index (χ2v) is 2.19. The van der Waals surface area contributed by atoms with E-state index in [0.717, 1.165) is 6.92 Å². The van der Waals surface area contributed by atoms with Crippen molar-refractivity contribution in [3.63, 3.8) is 0 Å². The van der Waals surface area contributed by atoms with Crippen molar-refractivity contribution >= 4 is 0 Å². The molecule has 0 saturated carbocycles. The van der Waals surface area contributed by atoms with Crippen molar-refractivity contribution in [2.24, 2.45) is 0 Å². The predicted octanol–water partition coefficient (Wildman–Crippen LogP) is 2.78. The fourth-order valence-corrected chi connectivity index (χ4v) is 0.556. The molecule has 0 saturated heterocycles. The van der Waals surface area contributed by atoms with Crippen LogP contribution in [0.2, 0.25) is 0 Å². The van der Waals surface area contributed by atoms with Crippen LogP contribution in [0.5, 0.6) is 0 Å². The standard InChI is InChI=1S/C6H11F3/c1-3-6(8,9)4-5(2)7/h5H,3-4H2,1-2H3/t5-/m0/s1. The summed E-state index contributed by atoms with van der Waals surface area (Å²) in [6.45, 7) is 2.49. The normalized spacial score (nSPS) is 15.7. The van der Waals surface area contributed by atoms with Crippen LogP contribution in [0.3, 0.4) is 0 Å². The van der Waals surface area contributed by atoms with E-state index in [4.69, 9.17) is 0 Å². The largest absolute Gasteiger partial charge is 0.250 e. The molecule has 0 aliphatic rings. The second kappa shape index (κ2) is 3.08. The first-order valence-corrected chi connectivity index (χ1v) is 3.00. The Hall–Kier alpha value is -0.210. The third-order valence-corrected chi connectivity index (χ3v) is 1.10. The lowest BCUT2D eigenvalue weighted by Gasteiger charge is -2.13. The molecule has 9 heavy (non-hydrogen) atoms. The Morgan fingerprint density at radius 2 is 1.89 bits per heavy atom. The van der Waals surface area contributed by atoms with Gasteiger partial charge in [-0.15, -0.1) is 0 Å². The Bertz CT molecular complexity index is 78.4. The van der Waals surface area contributed by atoms with Gasteiger partial charge < -0.3 is 0 Å². The van der Waals surface area contributed by atoms with Gasteiger partial charge in [0, 0.05) is 12.8 Å². The predicted molar refractivity (Wildman–Crippen MR) is 30.4 cm³/mol. The average Bonchev–Trinajstić information content (AvgIpc) is 1.63. The summed E-state index contributed by atoms with van der Waals surface area (Å²) < 4.78 is 36.2. The van der Waals surface area contributed by atoms with E-state index in [9.17, 15) is 13.2 Å². The molecule has 0 bridgehead atoms. The summed E-state index contributed by atoms with van der Waals surface area (Å²) in [5.74, 6) is -2.81. The highest BCUT2D eigenvalue weighted by atomic mass is 19.3. The number of halogens is 3. The summed E-state index contributed by atoms with van der Waals surface area (Å²) in [5.41, 5.74) is 0. The van der Waals surface area contributed by atoms with Crippen LogP contribution in [0, 0.1) is 0 Å². The van der Waals surface area contributed by atoms with Crippen LogP contribution in [0.15, 0.2) is 0 Å². The minimum Gasteiger partial charge on any atom is -0.248 e. The zero-order chi connectivity index (χ0) is 7.49. The monoisotopic (exact) mass is 140 g/mol. The van der Waals surface area contributed by atoms with E-state index in [2.05, 4.69) is 0 Å². The van der Waals surface area contributed by atoms with Crippen molar-refractivity contribution in [2.75, 3.05) is 0 Å². The summed E-state index contributed by atoms with van der Waals surface area (Å²) >= 11 is 0. The Labute approximate surface area is 53.1 Å². The summed E-state index contributed by atoms with van der Waals surface area (Å²) in [6, 6.07) is 0. The van der Waals surface area contributed by atoms with Gasteiger partial charge >= 0.3 is 0 Å². The SMILES string of the molecule is CCC(F)(F)C[C@H](C)F. The van der Waals surface area contributed by atoms with E-state index < -0.39 is 18.5 Å². The smallest absolute Gasteiger partial charge is 0.248 e. The molecule has 0 aliphatic heterocycles. The average molecular weight is 140 g/mol. The lowest BCUT2D eigenvalue weighted by atomic mass is 10.1. The molecule has 0 aromatic heterocycles. The number of hydrogen-bond donors (Lipinski definition) is 0. The van der Waals surface area contributed by atoms with E-state index in [1.165, 1.54) is 6.92 Å². The molecule has 1 atom stereocenters. The topological polar surface area (TPSA) is 0 Å². The number of alkyl halides is 3. The first kappa shape index (κ1) is 8.79. The minimum atomic E-state index is -2.81. The Morgan fingerprint density at radius 1 is 1.44 bits per heavy atom. The zero-order valence-corrected chi connectivity index (χ0v) is 5.63. The molecule has 0 radical (unpaired) electrons. The molecule has 0 amide bonds. The molecule has 0 aromatic rings. The van der Waals surface area contributed by atoms with Crippen LogP contribution >= 0.6 is 0 Å². The van der Waals surface area contributed by atoms with Gasteiger partial charge in [0.15, 0.2) is 0 Å². The van der Waals surface area contributed by atoms with Gasteiger partial charge in [0.2, 0.25) is 0 Å². The fraction of sp³-hybridized carbons (Fsp3) is 1.00. The Kier molecular flexibility index (Phi) is 3.01. The van der Waals surface area contributed by atoms with Gasteiger partial charge in [-0.3, -0.25) is 0 Å². The van der Waals surface area contributed by atoms with Crippen molar-refractivity contribution < 1.29 is 13.2 Å². The minimum absolute atomic E-state index is 0.277. The summed E-state index contributed by atoms with van der Waals surface area (Å²) in [6.07, 6.45) is -2.33. The van der Waals surface area contributed by atoms with Gasteiger partial charge in [-0.2, -0.15) is 0 Å². The van der Waals surface area contributed by atoms with Crippen molar-refractivity contribution in [1.29, 1.82) is 0 Å². The molecule has 0 rings (SSSR count). The summed E-state index contributed by atoms with van der Waals surface area (Å²) in [4.78, 5) is 0. The Balaban J connectivity index is 3.58. The molecule has 0 aliphatic carbocycles. The van der Waals surface area contributed by atoms with Crippen LogP contribution in [0.25, 0.3) is 0 Å². The van der Waals surface area contributed by atoms with Crippen LogP contribution in [-0.2, 0) is 0 Å². The summed E-state index contributed by atoms with van der Waals surface area (Å²) in [5, 5.41) is 0. The van der Waals surface area contributed by atoms with Gasteiger partial charge in [0.05, 0.1) is 0 Å². The highest BCUT2D eigenvalue weighted by Gasteiger charge is 2.28. The molecule has 3 heteroatoms. The molecule has 0 N–H and O–H groups in total. The lowest BCUT2D eigenvalue weighted by molar-refractivity contribution is -0.0287. The molecular weight excluding hydrogens is 129 g/mol. The highest BCUT2D eigenvalue weighted by Crippen LogP contribution is 2.24. The van der Waals surface area contributed by atoms with Crippen LogP contribution in [0.1, 0.15) is 26.7 Å². The van der Waals surface area contributed by atoms with E-state index in [-0.39, 0.29) is 6.42 Å². The van der Waals surface area contributed by atoms with Crippen LogP contribution in [0.4, 0.5) is 13.2 Å². The molecule has 0 heterocycles. The van der Waals surface area contributed by atoms with Gasteiger partial charge in [-0.05, 0) is 6.92 Å². The third-order valence-electron chi connectivity index (χ3n) is 1.10. The van der Waals surface area contributed by atoms with E-state index in [0.29, 0.717) is 0 Å². The highest BCUT2D eigenvalue weighted by molar-refractivity contribution is 4.66. The second-order valence-electron chi connectivity index (χ2n) is 2.19. The molecular formula is C6H11F3. The van der Waals surface area contributed by atoms with Crippen LogP contribution in [-0.4, -0.2) is 12.1 Å². The van der Waals surface area contributed by atoms with Gasteiger partial charge in [0.1, 0.15) is 6.17 Å². The van der Waals surface area contributed by atoms with Crippen molar-refractivity contribution in [3.8, 4) is 0 Å². The number of hydrogen-bond acceptors (Lipinski definition) is 0. The van der Waals surface area contributed by atoms with Crippen molar-refractivity contribution in [3.05, 3.63) is 0 Å². The molecule has 0 nitrogen and oxygen atoms in total. The lowest BCUT2D eigenvalue weighted by Crippen LogP contribution is -2.18. The van der Waals surface area contributed by atoms with Gasteiger partial charge in [0.25, 0.3) is 5.92 Å². The molecule has 56 valence electrons. The fourth-order valence-electron chi connectivity index (χ4n) is 0.556. The first-order valence-electron chi connectivity index (χ1n) is 3.00. The zero-order valence-electron chi connectivity index (χ0n) is 5.63. The van der Waals surface area contributed by atoms with E-state index in [1.54, 1.807) is 0 Å². The van der Waals surface area contributed by atoms with Gasteiger partial charge in [-0.1, -0.05) is 6.92 Å². The quantitative estimate of drug-likeness (QED) is 0.565. The maximum atomic E-state index is 12.2. The van der Waals surface area contributed by atoms with Crippen LogP contribution < -0.4 is 0 Å². The first-order chi connectivity index (χ1) is 3.98. The van der Waals surface area contributed by atoms with E-state index >= 15 is 0 Å². The van der Waals surface area contributed by atoms with Crippen molar-refractivity contribution in [2.45, 2.75) is 38.8 Å². The molecule has 0 unspecified atom stereocenters. The maximum Gasteiger partial charge on any atom is 0.250 e. The number of rotatable bonds is 3. The summed E-state index contributed by atoms with van der Waals surface area (Å²) in [7, 11) is 0. The molecule has 0 aromatic carbocycles. The van der Waals surface area contributed by atoms with Crippen molar-refractivity contribution in [1.82, 2.24) is 0 Å².